The van der Waals surface area contributed by atoms with Crippen molar-refractivity contribution in [3.8, 4) is 11.5 Å². The second-order valence-corrected chi connectivity index (χ2v) is 7.13. The molecule has 1 heterocycles. The van der Waals surface area contributed by atoms with Crippen molar-refractivity contribution in [3.63, 3.8) is 0 Å². The lowest BCUT2D eigenvalue weighted by molar-refractivity contribution is 0.354. The number of nitrogens with one attached hydrogen (secondary N) is 2. The van der Waals surface area contributed by atoms with Gasteiger partial charge in [-0.15, -0.1) is 0 Å². The largest absolute Gasteiger partial charge is 0.493 e. The van der Waals surface area contributed by atoms with Gasteiger partial charge in [0.1, 0.15) is 0 Å². The van der Waals surface area contributed by atoms with Crippen molar-refractivity contribution in [3.05, 3.63) is 57.4 Å². The van der Waals surface area contributed by atoms with Crippen LogP contribution >= 0.6 is 0 Å². The SMILES string of the molecule is CNC(C)c1cccc(CN(C)c2nc3cc(OC)c(OC)c(C)c3c(=O)[nH]2)c1. The number of methoxy groups -OCH3 is 2. The number of fused-ring (bicyclic) bond motifs is 1. The van der Waals surface area contributed by atoms with E-state index >= 15 is 0 Å². The predicted octanol–water partition coefficient (Wildman–Crippen LogP) is 3.17. The Morgan fingerprint density at radius 1 is 1.24 bits per heavy atom. The second kappa shape index (κ2) is 8.53. The molecule has 0 bridgehead atoms. The summed E-state index contributed by atoms with van der Waals surface area (Å²) in [6.45, 7) is 4.57. The summed E-state index contributed by atoms with van der Waals surface area (Å²) in [5.74, 6) is 1.60. The van der Waals surface area contributed by atoms with Gasteiger partial charge in [0, 0.05) is 31.3 Å². The fourth-order valence-electron chi connectivity index (χ4n) is 3.50. The number of H-pyrrole nitrogens is 1. The van der Waals surface area contributed by atoms with Crippen LogP contribution in [0, 0.1) is 6.92 Å². The topological polar surface area (TPSA) is 79.5 Å². The molecule has 0 aliphatic heterocycles. The first-order valence-electron chi connectivity index (χ1n) is 9.52. The highest BCUT2D eigenvalue weighted by Gasteiger charge is 2.17. The molecular formula is C22H28N4O3. The van der Waals surface area contributed by atoms with E-state index in [1.165, 1.54) is 5.56 Å². The number of aryl methyl sites for hydroxylation is 1. The summed E-state index contributed by atoms with van der Waals surface area (Å²) in [5.41, 5.74) is 3.43. The molecule has 0 aliphatic carbocycles. The Bertz CT molecular complexity index is 1080. The van der Waals surface area contributed by atoms with Gasteiger partial charge in [-0.3, -0.25) is 9.78 Å². The van der Waals surface area contributed by atoms with E-state index in [1.54, 1.807) is 20.3 Å². The fraction of sp³-hybridized carbons (Fsp3) is 0.364. The molecule has 3 rings (SSSR count). The van der Waals surface area contributed by atoms with Crippen LogP contribution in [0.25, 0.3) is 10.9 Å². The summed E-state index contributed by atoms with van der Waals surface area (Å²) in [7, 11) is 6.98. The van der Waals surface area contributed by atoms with Gasteiger partial charge in [0.05, 0.1) is 25.1 Å². The molecule has 0 spiro atoms. The van der Waals surface area contributed by atoms with Crippen molar-refractivity contribution in [1.29, 1.82) is 0 Å². The van der Waals surface area contributed by atoms with Crippen molar-refractivity contribution >= 4 is 16.9 Å². The van der Waals surface area contributed by atoms with Gasteiger partial charge in [-0.2, -0.15) is 0 Å². The quantitative estimate of drug-likeness (QED) is 0.639. The molecule has 0 radical (unpaired) electrons. The number of hydrogen-bond donors (Lipinski definition) is 2. The average Bonchev–Trinajstić information content (AvgIpc) is 2.72. The van der Waals surface area contributed by atoms with E-state index in [9.17, 15) is 4.79 Å². The van der Waals surface area contributed by atoms with Crippen LogP contribution < -0.4 is 25.2 Å². The first kappa shape index (κ1) is 20.7. The van der Waals surface area contributed by atoms with Gasteiger partial charge in [0.15, 0.2) is 11.5 Å². The van der Waals surface area contributed by atoms with Gasteiger partial charge < -0.3 is 19.7 Å². The molecule has 1 atom stereocenters. The van der Waals surface area contributed by atoms with Gasteiger partial charge in [-0.25, -0.2) is 4.98 Å². The number of hydrogen-bond acceptors (Lipinski definition) is 6. The highest BCUT2D eigenvalue weighted by atomic mass is 16.5. The monoisotopic (exact) mass is 396 g/mol. The lowest BCUT2D eigenvalue weighted by atomic mass is 10.1. The molecule has 0 saturated carbocycles. The van der Waals surface area contributed by atoms with Crippen molar-refractivity contribution in [2.75, 3.05) is 33.2 Å². The van der Waals surface area contributed by atoms with Crippen molar-refractivity contribution in [1.82, 2.24) is 15.3 Å². The number of aromatic amines is 1. The molecule has 7 heteroatoms. The summed E-state index contributed by atoms with van der Waals surface area (Å²) < 4.78 is 10.8. The lowest BCUT2D eigenvalue weighted by Crippen LogP contribution is -2.23. The molecule has 3 aromatic rings. The van der Waals surface area contributed by atoms with E-state index in [-0.39, 0.29) is 11.6 Å². The average molecular weight is 396 g/mol. The molecule has 0 amide bonds. The molecule has 7 nitrogen and oxygen atoms in total. The van der Waals surface area contributed by atoms with Gasteiger partial charge in [-0.05, 0) is 32.0 Å². The van der Waals surface area contributed by atoms with Crippen LogP contribution in [0.4, 0.5) is 5.95 Å². The summed E-state index contributed by atoms with van der Waals surface area (Å²) >= 11 is 0. The maximum atomic E-state index is 12.8. The maximum absolute atomic E-state index is 12.8. The minimum Gasteiger partial charge on any atom is -0.493 e. The summed E-state index contributed by atoms with van der Waals surface area (Å²) in [6, 6.07) is 10.4. The first-order chi connectivity index (χ1) is 13.9. The minimum atomic E-state index is -0.201. The third-order valence-corrected chi connectivity index (χ3v) is 5.23. The van der Waals surface area contributed by atoms with Crippen molar-refractivity contribution in [2.24, 2.45) is 0 Å². The van der Waals surface area contributed by atoms with Crippen LogP contribution in [0.5, 0.6) is 11.5 Å². The van der Waals surface area contributed by atoms with Crippen LogP contribution in [0.15, 0.2) is 35.1 Å². The molecule has 29 heavy (non-hydrogen) atoms. The van der Waals surface area contributed by atoms with E-state index in [0.717, 1.165) is 5.56 Å². The minimum absolute atomic E-state index is 0.201. The zero-order valence-electron chi connectivity index (χ0n) is 17.8. The Morgan fingerprint density at radius 3 is 2.66 bits per heavy atom. The maximum Gasteiger partial charge on any atom is 0.260 e. The van der Waals surface area contributed by atoms with Crippen molar-refractivity contribution < 1.29 is 9.47 Å². The summed E-state index contributed by atoms with van der Waals surface area (Å²) in [5, 5.41) is 3.76. The molecule has 2 N–H and O–H groups in total. The molecular weight excluding hydrogens is 368 g/mol. The third-order valence-electron chi connectivity index (χ3n) is 5.23. The smallest absolute Gasteiger partial charge is 0.260 e. The number of nitrogens with zero attached hydrogens (tertiary/aromatic N) is 2. The molecule has 0 aliphatic rings. The van der Waals surface area contributed by atoms with Gasteiger partial charge in [0.2, 0.25) is 5.95 Å². The number of ether oxygens (including phenoxy) is 2. The first-order valence-corrected chi connectivity index (χ1v) is 9.52. The lowest BCUT2D eigenvalue weighted by Gasteiger charge is -2.20. The standard InChI is InChI=1S/C22H28N4O3/c1-13-19-17(11-18(28-5)20(13)29-6)24-22(25-21(19)27)26(4)12-15-8-7-9-16(10-15)14(2)23-3/h7-11,14,23H,12H2,1-6H3,(H,24,25,27). The van der Waals surface area contributed by atoms with Crippen LogP contribution in [0.3, 0.4) is 0 Å². The zero-order chi connectivity index (χ0) is 21.1. The van der Waals surface area contributed by atoms with Gasteiger partial charge in [-0.1, -0.05) is 24.3 Å². The van der Waals surface area contributed by atoms with Crippen LogP contribution in [-0.2, 0) is 6.54 Å². The Hall–Kier alpha value is -3.06. The fourth-order valence-corrected chi connectivity index (χ4v) is 3.50. The van der Waals surface area contributed by atoms with Crippen LogP contribution in [0.2, 0.25) is 0 Å². The zero-order valence-corrected chi connectivity index (χ0v) is 17.8. The third kappa shape index (κ3) is 4.05. The number of rotatable bonds is 7. The second-order valence-electron chi connectivity index (χ2n) is 7.13. The number of anilines is 1. The van der Waals surface area contributed by atoms with E-state index in [1.807, 2.05) is 32.0 Å². The Balaban J connectivity index is 1.99. The van der Waals surface area contributed by atoms with Gasteiger partial charge >= 0.3 is 0 Å². The highest BCUT2D eigenvalue weighted by molar-refractivity contribution is 5.86. The van der Waals surface area contributed by atoms with E-state index < -0.39 is 0 Å². The van der Waals surface area contributed by atoms with E-state index in [4.69, 9.17) is 9.47 Å². The normalized spacial score (nSPS) is 12.1. The molecule has 0 saturated heterocycles. The Kier molecular flexibility index (Phi) is 6.08. The Labute approximate surface area is 170 Å². The number of benzene rings is 2. The molecule has 154 valence electrons. The molecule has 0 fully saturated rings. The molecule has 2 aromatic carbocycles. The number of aromatic nitrogens is 2. The predicted molar refractivity (Wildman–Crippen MR) is 116 cm³/mol. The van der Waals surface area contributed by atoms with Crippen LogP contribution in [0.1, 0.15) is 29.7 Å². The van der Waals surface area contributed by atoms with Crippen molar-refractivity contribution in [2.45, 2.75) is 26.4 Å². The summed E-state index contributed by atoms with van der Waals surface area (Å²) in [4.78, 5) is 22.3. The van der Waals surface area contributed by atoms with Gasteiger partial charge in [0.25, 0.3) is 5.56 Å². The van der Waals surface area contributed by atoms with E-state index in [0.29, 0.717) is 40.5 Å². The highest BCUT2D eigenvalue weighted by Crippen LogP contribution is 2.35. The molecule has 1 aromatic heterocycles. The Morgan fingerprint density at radius 2 is 2.00 bits per heavy atom. The van der Waals surface area contributed by atoms with E-state index in [2.05, 4.69) is 40.4 Å². The molecule has 1 unspecified atom stereocenters. The summed E-state index contributed by atoms with van der Waals surface area (Å²) in [6.07, 6.45) is 0. The van der Waals surface area contributed by atoms with Crippen LogP contribution in [-0.4, -0.2) is 38.3 Å².